The number of carbonyl (C=O) groups excluding carboxylic acids is 1. The smallest absolute Gasteiger partial charge is 0.138 e. The molecular formula is C7H12O2. The number of rotatable bonds is 0. The van der Waals surface area contributed by atoms with Gasteiger partial charge in [-0.15, -0.1) is 0 Å². The highest BCUT2D eigenvalue weighted by molar-refractivity contribution is 5.83. The Labute approximate surface area is 54.9 Å². The number of aliphatic hydroxyl groups is 1. The Morgan fingerprint density at radius 3 is 2.22 bits per heavy atom. The third-order valence-electron chi connectivity index (χ3n) is 2.31. The van der Waals surface area contributed by atoms with Gasteiger partial charge in [-0.1, -0.05) is 13.8 Å². The van der Waals surface area contributed by atoms with Gasteiger partial charge in [-0.25, -0.2) is 0 Å². The van der Waals surface area contributed by atoms with E-state index >= 15 is 0 Å². The molecule has 0 amide bonds. The molecule has 0 saturated heterocycles. The lowest BCUT2D eigenvalue weighted by Crippen LogP contribution is -2.13. The van der Waals surface area contributed by atoms with E-state index in [0.717, 1.165) is 0 Å². The van der Waals surface area contributed by atoms with E-state index in [1.165, 1.54) is 0 Å². The molecule has 0 aromatic carbocycles. The van der Waals surface area contributed by atoms with Gasteiger partial charge in [0.05, 0.1) is 6.10 Å². The zero-order chi connectivity index (χ0) is 7.02. The molecule has 3 atom stereocenters. The van der Waals surface area contributed by atoms with Gasteiger partial charge in [0.2, 0.25) is 0 Å². The fourth-order valence-electron chi connectivity index (χ4n) is 1.20. The van der Waals surface area contributed by atoms with Gasteiger partial charge in [-0.3, -0.25) is 4.79 Å². The van der Waals surface area contributed by atoms with E-state index in [0.29, 0.717) is 6.42 Å². The van der Waals surface area contributed by atoms with Crippen molar-refractivity contribution >= 4 is 5.78 Å². The summed E-state index contributed by atoms with van der Waals surface area (Å²) in [5.41, 5.74) is 0. The average molecular weight is 128 g/mol. The fraction of sp³-hybridized carbons (Fsp3) is 0.857. The van der Waals surface area contributed by atoms with Crippen LogP contribution in [-0.2, 0) is 4.79 Å². The van der Waals surface area contributed by atoms with Crippen molar-refractivity contribution in [1.82, 2.24) is 0 Å². The van der Waals surface area contributed by atoms with Crippen LogP contribution in [0.2, 0.25) is 0 Å². The molecule has 2 heteroatoms. The van der Waals surface area contributed by atoms with Gasteiger partial charge >= 0.3 is 0 Å². The van der Waals surface area contributed by atoms with E-state index in [1.54, 1.807) is 0 Å². The number of carbonyl (C=O) groups is 1. The van der Waals surface area contributed by atoms with Crippen LogP contribution in [0.4, 0.5) is 0 Å². The van der Waals surface area contributed by atoms with E-state index in [1.807, 2.05) is 13.8 Å². The van der Waals surface area contributed by atoms with Gasteiger partial charge in [0, 0.05) is 12.3 Å². The van der Waals surface area contributed by atoms with Crippen molar-refractivity contribution in [2.24, 2.45) is 11.8 Å². The maximum absolute atomic E-state index is 10.8. The Kier molecular flexibility index (Phi) is 1.58. The van der Waals surface area contributed by atoms with Crippen LogP contribution in [0.25, 0.3) is 0 Å². The molecule has 0 aromatic rings. The zero-order valence-electron chi connectivity index (χ0n) is 5.79. The van der Waals surface area contributed by atoms with Crippen molar-refractivity contribution < 1.29 is 9.90 Å². The highest BCUT2D eigenvalue weighted by atomic mass is 16.3. The lowest BCUT2D eigenvalue weighted by atomic mass is 9.99. The molecule has 1 aliphatic rings. The number of hydrogen-bond acceptors (Lipinski definition) is 2. The molecule has 0 bridgehead atoms. The molecule has 1 fully saturated rings. The van der Waals surface area contributed by atoms with Gasteiger partial charge in [0.15, 0.2) is 0 Å². The molecule has 1 rings (SSSR count). The van der Waals surface area contributed by atoms with Crippen LogP contribution >= 0.6 is 0 Å². The minimum absolute atomic E-state index is 0.0694. The molecule has 9 heavy (non-hydrogen) atoms. The van der Waals surface area contributed by atoms with Gasteiger partial charge in [-0.2, -0.15) is 0 Å². The summed E-state index contributed by atoms with van der Waals surface area (Å²) in [4.78, 5) is 10.8. The van der Waals surface area contributed by atoms with Crippen molar-refractivity contribution in [3.05, 3.63) is 0 Å². The molecule has 0 aromatic heterocycles. The normalized spacial score (nSPS) is 43.9. The summed E-state index contributed by atoms with van der Waals surface area (Å²) in [5.74, 6) is 0.437. The molecule has 0 heterocycles. The van der Waals surface area contributed by atoms with Crippen LogP contribution in [0.3, 0.4) is 0 Å². The summed E-state index contributed by atoms with van der Waals surface area (Å²) in [7, 11) is 0. The molecule has 52 valence electrons. The van der Waals surface area contributed by atoms with E-state index in [2.05, 4.69) is 0 Å². The van der Waals surface area contributed by atoms with E-state index < -0.39 is 0 Å². The number of Topliss-reactive ketones (excluding diaryl/α,β-unsaturated/α-hetero) is 1. The Morgan fingerprint density at radius 1 is 1.56 bits per heavy atom. The zero-order valence-corrected chi connectivity index (χ0v) is 5.79. The Hall–Kier alpha value is -0.370. The number of ketones is 1. The van der Waals surface area contributed by atoms with Crippen LogP contribution in [0.5, 0.6) is 0 Å². The second kappa shape index (κ2) is 2.10. The molecule has 0 aliphatic heterocycles. The summed E-state index contributed by atoms with van der Waals surface area (Å²) >= 11 is 0. The Bertz CT molecular complexity index is 131. The molecule has 2 nitrogen and oxygen atoms in total. The second-order valence-electron chi connectivity index (χ2n) is 2.89. The molecule has 1 N–H and O–H groups in total. The number of hydrogen-bond donors (Lipinski definition) is 1. The van der Waals surface area contributed by atoms with Gasteiger partial charge in [0.25, 0.3) is 0 Å². The molecule has 2 unspecified atom stereocenters. The van der Waals surface area contributed by atoms with Gasteiger partial charge in [0.1, 0.15) is 5.78 Å². The van der Waals surface area contributed by atoms with E-state index in [9.17, 15) is 4.79 Å². The van der Waals surface area contributed by atoms with Crippen molar-refractivity contribution in [2.75, 3.05) is 0 Å². The summed E-state index contributed by atoms with van der Waals surface area (Å²) in [6, 6.07) is 0. The van der Waals surface area contributed by atoms with Crippen molar-refractivity contribution in [3.63, 3.8) is 0 Å². The first-order chi connectivity index (χ1) is 4.13. The Balaban J connectivity index is 2.65. The summed E-state index contributed by atoms with van der Waals surface area (Å²) < 4.78 is 0. The summed E-state index contributed by atoms with van der Waals surface area (Å²) in [6.07, 6.45) is -0.0185. The fourth-order valence-corrected chi connectivity index (χ4v) is 1.20. The minimum Gasteiger partial charge on any atom is -0.392 e. The van der Waals surface area contributed by atoms with Crippen LogP contribution in [0.1, 0.15) is 20.3 Å². The topological polar surface area (TPSA) is 37.3 Å². The van der Waals surface area contributed by atoms with Crippen LogP contribution in [-0.4, -0.2) is 17.0 Å². The van der Waals surface area contributed by atoms with Crippen molar-refractivity contribution in [2.45, 2.75) is 26.4 Å². The predicted octanol–water partition coefficient (Wildman–Crippen LogP) is 0.592. The molecular weight excluding hydrogens is 116 g/mol. The van der Waals surface area contributed by atoms with E-state index in [4.69, 9.17) is 5.11 Å². The SMILES string of the molecule is CC1C(=O)C[C@@H](O)C1C. The standard InChI is InChI=1S/C7H12O2/c1-4-5(2)7(9)3-6(4)8/h4-6,8H,3H2,1-2H3/t4?,5?,6-/m1/s1. The highest BCUT2D eigenvalue weighted by Gasteiger charge is 2.34. The average Bonchev–Trinajstić information content (AvgIpc) is 1.98. The largest absolute Gasteiger partial charge is 0.392 e. The molecule has 0 spiro atoms. The lowest BCUT2D eigenvalue weighted by molar-refractivity contribution is -0.120. The summed E-state index contributed by atoms with van der Waals surface area (Å²) in [5, 5.41) is 9.12. The van der Waals surface area contributed by atoms with Crippen LogP contribution in [0.15, 0.2) is 0 Å². The number of aliphatic hydroxyl groups excluding tert-OH is 1. The first kappa shape index (κ1) is 6.75. The minimum atomic E-state index is -0.382. The first-order valence-electron chi connectivity index (χ1n) is 3.33. The quantitative estimate of drug-likeness (QED) is 0.518. The van der Waals surface area contributed by atoms with Crippen LogP contribution in [0, 0.1) is 11.8 Å². The molecule has 0 radical (unpaired) electrons. The Morgan fingerprint density at radius 2 is 2.11 bits per heavy atom. The second-order valence-corrected chi connectivity index (χ2v) is 2.89. The first-order valence-corrected chi connectivity index (χ1v) is 3.33. The third kappa shape index (κ3) is 0.990. The van der Waals surface area contributed by atoms with Gasteiger partial charge in [-0.05, 0) is 5.92 Å². The third-order valence-corrected chi connectivity index (χ3v) is 2.31. The highest BCUT2D eigenvalue weighted by Crippen LogP contribution is 2.27. The van der Waals surface area contributed by atoms with Crippen LogP contribution < -0.4 is 0 Å². The van der Waals surface area contributed by atoms with Crippen molar-refractivity contribution in [1.29, 1.82) is 0 Å². The summed E-state index contributed by atoms with van der Waals surface area (Å²) in [6.45, 7) is 3.80. The molecule has 1 aliphatic carbocycles. The maximum Gasteiger partial charge on any atom is 0.138 e. The predicted molar refractivity (Wildman–Crippen MR) is 34.0 cm³/mol. The van der Waals surface area contributed by atoms with Crippen molar-refractivity contribution in [3.8, 4) is 0 Å². The van der Waals surface area contributed by atoms with Gasteiger partial charge < -0.3 is 5.11 Å². The monoisotopic (exact) mass is 128 g/mol. The van der Waals surface area contributed by atoms with E-state index in [-0.39, 0.29) is 23.7 Å². The maximum atomic E-state index is 10.8. The molecule has 1 saturated carbocycles. The lowest BCUT2D eigenvalue weighted by Gasteiger charge is -2.09.